The third kappa shape index (κ3) is 5.85. The summed E-state index contributed by atoms with van der Waals surface area (Å²) in [6.45, 7) is 6.63. The standard InChI is InChI=1S/C26H30N4O3.ClH/c1-18-17-29(14-15-30(18)24(31)16-26(2,3)33)25(32)20-11-8-19(9-12-20)10-13-23-21-6-4-5-7-22(21)27-28-23;/h4-13,18,33H,14-17H2,1-3H3,(H,27,28);1H/t18-;/m0./s1. The molecule has 2 N–H and O–H groups in total. The molecule has 3 aromatic rings. The van der Waals surface area contributed by atoms with Crippen molar-refractivity contribution in [3.8, 4) is 0 Å². The minimum absolute atomic E-state index is 0. The molecule has 8 heteroatoms. The summed E-state index contributed by atoms with van der Waals surface area (Å²) >= 11 is 0. The van der Waals surface area contributed by atoms with E-state index in [1.807, 2.05) is 67.6 Å². The van der Waals surface area contributed by atoms with Crippen LogP contribution in [0.15, 0.2) is 48.5 Å². The number of amides is 2. The number of rotatable bonds is 5. The summed E-state index contributed by atoms with van der Waals surface area (Å²) < 4.78 is 0. The smallest absolute Gasteiger partial charge is 0.253 e. The highest BCUT2D eigenvalue weighted by atomic mass is 35.5. The zero-order valence-corrected chi connectivity index (χ0v) is 20.5. The predicted molar refractivity (Wildman–Crippen MR) is 137 cm³/mol. The first-order valence-corrected chi connectivity index (χ1v) is 11.2. The van der Waals surface area contributed by atoms with Gasteiger partial charge in [0, 0.05) is 36.6 Å². The van der Waals surface area contributed by atoms with Gasteiger partial charge in [0.25, 0.3) is 5.91 Å². The van der Waals surface area contributed by atoms with E-state index in [1.165, 1.54) is 0 Å². The molecule has 0 aliphatic carbocycles. The van der Waals surface area contributed by atoms with Crippen LogP contribution < -0.4 is 0 Å². The number of aromatic amines is 1. The van der Waals surface area contributed by atoms with Crippen molar-refractivity contribution in [1.29, 1.82) is 0 Å². The van der Waals surface area contributed by atoms with Crippen LogP contribution >= 0.6 is 12.4 Å². The molecule has 2 amide bonds. The Morgan fingerprint density at radius 2 is 1.82 bits per heavy atom. The normalized spacial score (nSPS) is 16.6. The van der Waals surface area contributed by atoms with Crippen molar-refractivity contribution in [2.75, 3.05) is 19.6 Å². The van der Waals surface area contributed by atoms with Crippen LogP contribution in [0.25, 0.3) is 23.1 Å². The maximum absolute atomic E-state index is 13.0. The van der Waals surface area contributed by atoms with E-state index < -0.39 is 5.60 Å². The Hall–Kier alpha value is -3.16. The van der Waals surface area contributed by atoms with E-state index >= 15 is 0 Å². The predicted octanol–water partition coefficient (Wildman–Crippen LogP) is 3.99. The summed E-state index contributed by atoms with van der Waals surface area (Å²) in [7, 11) is 0. The minimum Gasteiger partial charge on any atom is -0.390 e. The van der Waals surface area contributed by atoms with Gasteiger partial charge in [-0.25, -0.2) is 0 Å². The Balaban J connectivity index is 0.00000324. The summed E-state index contributed by atoms with van der Waals surface area (Å²) in [5.74, 6) is -0.117. The van der Waals surface area contributed by atoms with Gasteiger partial charge in [0.2, 0.25) is 5.91 Å². The molecule has 0 unspecified atom stereocenters. The van der Waals surface area contributed by atoms with Gasteiger partial charge in [0.05, 0.1) is 23.2 Å². The molecule has 0 radical (unpaired) electrons. The zero-order chi connectivity index (χ0) is 23.6. The van der Waals surface area contributed by atoms with Crippen molar-refractivity contribution in [2.24, 2.45) is 0 Å². The van der Waals surface area contributed by atoms with Crippen LogP contribution in [0.1, 0.15) is 48.8 Å². The Bertz CT molecular complexity index is 1180. The molecule has 0 saturated carbocycles. The molecule has 180 valence electrons. The second-order valence-electron chi connectivity index (χ2n) is 9.29. The number of nitrogens with one attached hydrogen (secondary N) is 1. The zero-order valence-electron chi connectivity index (χ0n) is 19.7. The van der Waals surface area contributed by atoms with E-state index in [1.54, 1.807) is 23.6 Å². The molecule has 1 saturated heterocycles. The fourth-order valence-corrected chi connectivity index (χ4v) is 4.19. The van der Waals surface area contributed by atoms with E-state index in [9.17, 15) is 14.7 Å². The van der Waals surface area contributed by atoms with Gasteiger partial charge in [-0.3, -0.25) is 14.7 Å². The molecule has 7 nitrogen and oxygen atoms in total. The van der Waals surface area contributed by atoms with Crippen LogP contribution in [-0.2, 0) is 4.79 Å². The molecule has 1 aliphatic heterocycles. The molecule has 1 fully saturated rings. The van der Waals surface area contributed by atoms with Crippen LogP contribution in [0.4, 0.5) is 0 Å². The van der Waals surface area contributed by atoms with Crippen molar-refractivity contribution in [3.05, 3.63) is 65.4 Å². The van der Waals surface area contributed by atoms with Gasteiger partial charge in [-0.05, 0) is 50.6 Å². The highest BCUT2D eigenvalue weighted by molar-refractivity contribution is 5.95. The first-order chi connectivity index (χ1) is 15.7. The van der Waals surface area contributed by atoms with Crippen LogP contribution in [-0.4, -0.2) is 68.2 Å². The second-order valence-corrected chi connectivity index (χ2v) is 9.29. The molecule has 1 atom stereocenters. The quantitative estimate of drug-likeness (QED) is 0.575. The van der Waals surface area contributed by atoms with Crippen LogP contribution in [0, 0.1) is 0 Å². The minimum atomic E-state index is -1.04. The lowest BCUT2D eigenvalue weighted by Gasteiger charge is -2.40. The third-order valence-electron chi connectivity index (χ3n) is 5.91. The van der Waals surface area contributed by atoms with Gasteiger partial charge in [-0.2, -0.15) is 5.10 Å². The summed E-state index contributed by atoms with van der Waals surface area (Å²) in [4.78, 5) is 29.0. The summed E-state index contributed by atoms with van der Waals surface area (Å²) in [5, 5.41) is 18.4. The Kier molecular flexibility index (Phi) is 7.79. The van der Waals surface area contributed by atoms with Crippen molar-refractivity contribution < 1.29 is 14.7 Å². The van der Waals surface area contributed by atoms with Gasteiger partial charge < -0.3 is 14.9 Å². The number of nitrogens with zero attached hydrogens (tertiary/aromatic N) is 3. The first-order valence-electron chi connectivity index (χ1n) is 11.2. The maximum Gasteiger partial charge on any atom is 0.253 e. The number of aliphatic hydroxyl groups is 1. The van der Waals surface area contributed by atoms with Crippen LogP contribution in [0.2, 0.25) is 0 Å². The Morgan fingerprint density at radius 1 is 1.12 bits per heavy atom. The Morgan fingerprint density at radius 3 is 2.50 bits per heavy atom. The highest BCUT2D eigenvalue weighted by Crippen LogP contribution is 2.20. The number of H-pyrrole nitrogens is 1. The SMILES string of the molecule is C[C@H]1CN(C(=O)c2ccc(C=Cc3n[nH]c4ccccc34)cc2)CCN1C(=O)CC(C)(C)O.Cl. The second kappa shape index (κ2) is 10.4. The number of halogens is 1. The largest absolute Gasteiger partial charge is 0.390 e. The van der Waals surface area contributed by atoms with Crippen molar-refractivity contribution in [3.63, 3.8) is 0 Å². The van der Waals surface area contributed by atoms with Gasteiger partial charge in [0.15, 0.2) is 0 Å². The molecule has 1 aliphatic rings. The van der Waals surface area contributed by atoms with E-state index in [0.29, 0.717) is 25.2 Å². The first kappa shape index (κ1) is 25.5. The number of para-hydroxylation sites is 1. The van der Waals surface area contributed by atoms with E-state index in [0.717, 1.165) is 22.2 Å². The van der Waals surface area contributed by atoms with Gasteiger partial charge in [-0.1, -0.05) is 36.4 Å². The number of carbonyl (C=O) groups excluding carboxylic acids is 2. The van der Waals surface area contributed by atoms with Crippen molar-refractivity contribution in [2.45, 2.75) is 38.8 Å². The number of fused-ring (bicyclic) bond motifs is 1. The fraction of sp³-hybridized carbons (Fsp3) is 0.346. The molecule has 1 aromatic heterocycles. The van der Waals surface area contributed by atoms with Crippen molar-refractivity contribution in [1.82, 2.24) is 20.0 Å². The van der Waals surface area contributed by atoms with E-state index in [2.05, 4.69) is 10.2 Å². The van der Waals surface area contributed by atoms with E-state index in [-0.39, 0.29) is 36.7 Å². The molecule has 4 rings (SSSR count). The number of hydrogen-bond donors (Lipinski definition) is 2. The lowest BCUT2D eigenvalue weighted by atomic mass is 10.0. The highest BCUT2D eigenvalue weighted by Gasteiger charge is 2.32. The average Bonchev–Trinajstić information content (AvgIpc) is 3.19. The monoisotopic (exact) mass is 482 g/mol. The molecule has 0 spiro atoms. The number of benzene rings is 2. The topological polar surface area (TPSA) is 89.5 Å². The number of piperazine rings is 1. The molecule has 2 aromatic carbocycles. The molecule has 2 heterocycles. The molecule has 0 bridgehead atoms. The molecular formula is C26H31ClN4O3. The number of hydrogen-bond acceptors (Lipinski definition) is 4. The van der Waals surface area contributed by atoms with Gasteiger partial charge in [-0.15, -0.1) is 12.4 Å². The number of aromatic nitrogens is 2. The summed E-state index contributed by atoms with van der Waals surface area (Å²) in [5.41, 5.74) is 2.44. The molecule has 34 heavy (non-hydrogen) atoms. The summed E-state index contributed by atoms with van der Waals surface area (Å²) in [6.07, 6.45) is 4.02. The average molecular weight is 483 g/mol. The van der Waals surface area contributed by atoms with Crippen LogP contribution in [0.5, 0.6) is 0 Å². The third-order valence-corrected chi connectivity index (χ3v) is 5.91. The lowest BCUT2D eigenvalue weighted by molar-refractivity contribution is -0.139. The van der Waals surface area contributed by atoms with Gasteiger partial charge in [0.1, 0.15) is 0 Å². The number of carbonyl (C=O) groups is 2. The lowest BCUT2D eigenvalue weighted by Crippen LogP contribution is -2.56. The van der Waals surface area contributed by atoms with E-state index in [4.69, 9.17) is 0 Å². The fourth-order valence-electron chi connectivity index (χ4n) is 4.19. The summed E-state index contributed by atoms with van der Waals surface area (Å²) in [6, 6.07) is 15.4. The van der Waals surface area contributed by atoms with Crippen LogP contribution in [0.3, 0.4) is 0 Å². The maximum atomic E-state index is 13.0. The Labute approximate surface area is 205 Å². The molecular weight excluding hydrogens is 452 g/mol. The van der Waals surface area contributed by atoms with Crippen molar-refractivity contribution >= 4 is 47.3 Å². The van der Waals surface area contributed by atoms with Gasteiger partial charge >= 0.3 is 0 Å².